The lowest BCUT2D eigenvalue weighted by Crippen LogP contribution is -1.92. The number of nitro benzene ring substituents is 1. The zero-order valence-electron chi connectivity index (χ0n) is 11.3. The Kier molecular flexibility index (Phi) is 3.53. The van der Waals surface area contributed by atoms with Crippen LogP contribution in [0.2, 0.25) is 0 Å². The maximum Gasteiger partial charge on any atom is 0.269 e. The van der Waals surface area contributed by atoms with Gasteiger partial charge in [-0.3, -0.25) is 10.1 Å². The second kappa shape index (κ2) is 5.49. The Hall–Kier alpha value is -2.47. The van der Waals surface area contributed by atoms with Gasteiger partial charge in [0.25, 0.3) is 5.69 Å². The van der Waals surface area contributed by atoms with Gasteiger partial charge in [0.1, 0.15) is 0 Å². The molecule has 0 N–H and O–H groups in total. The molecule has 6 heteroatoms. The third kappa shape index (κ3) is 2.85. The number of nitro groups is 1. The fraction of sp³-hybridized carbons (Fsp3) is 0.133. The van der Waals surface area contributed by atoms with Crippen LogP contribution in [0.5, 0.6) is 0 Å². The van der Waals surface area contributed by atoms with E-state index in [9.17, 15) is 10.1 Å². The average Bonchev–Trinajstić information content (AvgIpc) is 3.10. The number of hydrogen-bond donors (Lipinski definition) is 0. The van der Waals surface area contributed by atoms with E-state index in [-0.39, 0.29) is 10.6 Å². The van der Waals surface area contributed by atoms with Crippen LogP contribution in [0, 0.1) is 17.0 Å². The van der Waals surface area contributed by atoms with Crippen molar-refractivity contribution in [1.29, 1.82) is 0 Å². The highest BCUT2D eigenvalue weighted by Gasteiger charge is 2.12. The monoisotopic (exact) mass is 300 g/mol. The lowest BCUT2D eigenvalue weighted by molar-refractivity contribution is -0.384. The molecule has 0 radical (unpaired) electrons. The van der Waals surface area contributed by atoms with Crippen molar-refractivity contribution in [3.8, 4) is 10.6 Å². The van der Waals surface area contributed by atoms with Crippen molar-refractivity contribution >= 4 is 17.0 Å². The molecule has 2 heterocycles. The van der Waals surface area contributed by atoms with Crippen LogP contribution < -0.4 is 0 Å². The predicted molar refractivity (Wildman–Crippen MR) is 80.5 cm³/mol. The summed E-state index contributed by atoms with van der Waals surface area (Å²) in [7, 11) is 0. The van der Waals surface area contributed by atoms with Crippen molar-refractivity contribution in [2.75, 3.05) is 0 Å². The van der Waals surface area contributed by atoms with Crippen molar-refractivity contribution in [2.45, 2.75) is 13.3 Å². The number of aryl methyl sites for hydroxylation is 1. The highest BCUT2D eigenvalue weighted by atomic mass is 32.1. The van der Waals surface area contributed by atoms with E-state index in [1.165, 1.54) is 10.9 Å². The summed E-state index contributed by atoms with van der Waals surface area (Å²) < 4.78 is 5.16. The summed E-state index contributed by atoms with van der Waals surface area (Å²) in [6.45, 7) is 2.04. The normalized spacial score (nSPS) is 10.7. The van der Waals surface area contributed by atoms with Crippen LogP contribution in [0.3, 0.4) is 0 Å². The maximum atomic E-state index is 10.8. The first-order valence-electron chi connectivity index (χ1n) is 6.37. The number of nitrogens with zero attached hydrogens (tertiary/aromatic N) is 2. The second-order valence-corrected chi connectivity index (χ2v) is 5.93. The zero-order valence-corrected chi connectivity index (χ0v) is 12.1. The van der Waals surface area contributed by atoms with Crippen molar-refractivity contribution in [1.82, 2.24) is 5.16 Å². The highest BCUT2D eigenvalue weighted by Crippen LogP contribution is 2.32. The minimum absolute atomic E-state index is 0.121. The molecule has 3 aromatic rings. The van der Waals surface area contributed by atoms with E-state index in [4.69, 9.17) is 4.52 Å². The van der Waals surface area contributed by atoms with Gasteiger partial charge in [-0.05, 0) is 30.5 Å². The van der Waals surface area contributed by atoms with E-state index in [0.717, 1.165) is 21.8 Å². The number of non-ortho nitro benzene ring substituents is 1. The topological polar surface area (TPSA) is 69.2 Å². The second-order valence-electron chi connectivity index (χ2n) is 4.67. The smallest absolute Gasteiger partial charge is 0.269 e. The largest absolute Gasteiger partial charge is 0.355 e. The molecule has 0 bridgehead atoms. The molecule has 1 aromatic carbocycles. The first-order valence-corrected chi connectivity index (χ1v) is 7.19. The van der Waals surface area contributed by atoms with Crippen LogP contribution >= 0.6 is 11.3 Å². The molecule has 0 spiro atoms. The highest BCUT2D eigenvalue weighted by molar-refractivity contribution is 7.15. The van der Waals surface area contributed by atoms with Crippen molar-refractivity contribution in [3.63, 3.8) is 0 Å². The van der Waals surface area contributed by atoms with Gasteiger partial charge in [-0.15, -0.1) is 11.3 Å². The average molecular weight is 300 g/mol. The summed E-state index contributed by atoms with van der Waals surface area (Å²) in [6, 6.07) is 10.6. The number of thiophene rings is 1. The van der Waals surface area contributed by atoms with E-state index < -0.39 is 0 Å². The Morgan fingerprint density at radius 2 is 2.19 bits per heavy atom. The summed E-state index contributed by atoms with van der Waals surface area (Å²) in [5, 5.41) is 14.5. The molecule has 2 aromatic heterocycles. The minimum atomic E-state index is -0.371. The molecule has 0 amide bonds. The summed E-state index contributed by atoms with van der Waals surface area (Å²) >= 11 is 1.63. The van der Waals surface area contributed by atoms with E-state index in [2.05, 4.69) is 11.2 Å². The molecular weight excluding hydrogens is 288 g/mol. The van der Waals surface area contributed by atoms with E-state index in [0.29, 0.717) is 6.42 Å². The van der Waals surface area contributed by atoms with Gasteiger partial charge in [0, 0.05) is 23.1 Å². The molecular formula is C15H12N2O3S. The summed E-state index contributed by atoms with van der Waals surface area (Å²) in [6.07, 6.45) is 2.28. The molecule has 0 aliphatic rings. The Balaban J connectivity index is 1.88. The lowest BCUT2D eigenvalue weighted by Gasteiger charge is -2.00. The van der Waals surface area contributed by atoms with Crippen molar-refractivity contribution in [2.24, 2.45) is 0 Å². The maximum absolute atomic E-state index is 10.8. The third-order valence-corrected chi connectivity index (χ3v) is 4.32. The molecule has 0 aliphatic carbocycles. The SMILES string of the molecule is Cc1sc(-c2ccno2)cc1Cc1cccc([N+](=O)[O-])c1. The fourth-order valence-electron chi connectivity index (χ4n) is 2.16. The molecule has 0 unspecified atom stereocenters. The third-order valence-electron chi connectivity index (χ3n) is 3.22. The van der Waals surface area contributed by atoms with Crippen LogP contribution in [0.1, 0.15) is 16.0 Å². The van der Waals surface area contributed by atoms with Gasteiger partial charge in [-0.25, -0.2) is 0 Å². The number of hydrogen-bond acceptors (Lipinski definition) is 5. The summed E-state index contributed by atoms with van der Waals surface area (Å²) in [4.78, 5) is 12.6. The Labute approximate surface area is 125 Å². The Morgan fingerprint density at radius 3 is 2.90 bits per heavy atom. The van der Waals surface area contributed by atoms with Crippen LogP contribution in [0.15, 0.2) is 47.1 Å². The molecule has 0 saturated heterocycles. The van der Waals surface area contributed by atoms with Crippen molar-refractivity contribution < 1.29 is 9.45 Å². The summed E-state index contributed by atoms with van der Waals surface area (Å²) in [5.41, 5.74) is 2.19. The van der Waals surface area contributed by atoms with Crippen molar-refractivity contribution in [3.05, 3.63) is 68.7 Å². The van der Waals surface area contributed by atoms with Gasteiger partial charge in [-0.1, -0.05) is 17.3 Å². The zero-order chi connectivity index (χ0) is 14.8. The van der Waals surface area contributed by atoms with Crippen LogP contribution in [0.4, 0.5) is 5.69 Å². The molecule has 5 nitrogen and oxygen atoms in total. The molecule has 106 valence electrons. The molecule has 0 aliphatic heterocycles. The quantitative estimate of drug-likeness (QED) is 0.534. The fourth-order valence-corrected chi connectivity index (χ4v) is 3.16. The molecule has 0 saturated carbocycles. The first-order chi connectivity index (χ1) is 10.1. The molecule has 3 rings (SSSR count). The summed E-state index contributed by atoms with van der Waals surface area (Å²) in [5.74, 6) is 0.744. The lowest BCUT2D eigenvalue weighted by atomic mass is 10.0. The van der Waals surface area contributed by atoms with Gasteiger partial charge in [-0.2, -0.15) is 0 Å². The first kappa shape index (κ1) is 13.5. The van der Waals surface area contributed by atoms with Gasteiger partial charge in [0.2, 0.25) is 0 Å². The van der Waals surface area contributed by atoms with Gasteiger partial charge in [0.15, 0.2) is 5.76 Å². The van der Waals surface area contributed by atoms with Crippen LogP contribution in [-0.2, 0) is 6.42 Å². The minimum Gasteiger partial charge on any atom is -0.355 e. The molecule has 0 fully saturated rings. The number of rotatable bonds is 4. The molecule has 21 heavy (non-hydrogen) atoms. The van der Waals surface area contributed by atoms with Gasteiger partial charge in [0.05, 0.1) is 16.0 Å². The Morgan fingerprint density at radius 1 is 1.33 bits per heavy atom. The molecule has 0 atom stereocenters. The predicted octanol–water partition coefficient (Wildman–Crippen LogP) is 4.21. The number of aromatic nitrogens is 1. The van der Waals surface area contributed by atoms with Gasteiger partial charge < -0.3 is 4.52 Å². The van der Waals surface area contributed by atoms with Gasteiger partial charge >= 0.3 is 0 Å². The standard InChI is InChI=1S/C15H12N2O3S/c1-10-12(9-15(21-10)14-5-6-16-20-14)7-11-3-2-4-13(8-11)17(18)19/h2-6,8-9H,7H2,1H3. The van der Waals surface area contributed by atoms with Crippen LogP contribution in [-0.4, -0.2) is 10.1 Å². The van der Waals surface area contributed by atoms with E-state index in [1.54, 1.807) is 29.7 Å². The Bertz CT molecular complexity index is 778. The van der Waals surface area contributed by atoms with E-state index in [1.807, 2.05) is 19.1 Å². The van der Waals surface area contributed by atoms with E-state index >= 15 is 0 Å². The van der Waals surface area contributed by atoms with Crippen LogP contribution in [0.25, 0.3) is 10.6 Å². The number of benzene rings is 1.